The Morgan fingerprint density at radius 1 is 1.25 bits per heavy atom. The van der Waals surface area contributed by atoms with Gasteiger partial charge >= 0.3 is 0 Å². The lowest BCUT2D eigenvalue weighted by molar-refractivity contribution is 0.226. The second kappa shape index (κ2) is 7.14. The molecule has 0 aliphatic carbocycles. The zero-order chi connectivity index (χ0) is 19.1. The van der Waals surface area contributed by atoms with Crippen molar-refractivity contribution in [3.8, 4) is 11.1 Å². The number of likely N-dealkylation sites (tertiary alicyclic amines) is 1. The number of hydrogen-bond donors (Lipinski definition) is 2. The molecule has 3 aromatic heterocycles. The molecule has 7 heteroatoms. The number of aromatic amines is 1. The Morgan fingerprint density at radius 2 is 2.11 bits per heavy atom. The maximum atomic E-state index is 4.69. The van der Waals surface area contributed by atoms with Gasteiger partial charge in [-0.25, -0.2) is 9.97 Å². The number of hydrogen-bond acceptors (Lipinski definition) is 6. The fourth-order valence-electron chi connectivity index (χ4n) is 3.94. The summed E-state index contributed by atoms with van der Waals surface area (Å²) in [6, 6.07) is 6.41. The van der Waals surface area contributed by atoms with Crippen LogP contribution in [0.25, 0.3) is 32.4 Å². The first-order chi connectivity index (χ1) is 13.7. The van der Waals surface area contributed by atoms with E-state index >= 15 is 0 Å². The van der Waals surface area contributed by atoms with Crippen LogP contribution in [0.3, 0.4) is 0 Å². The third-order valence-corrected chi connectivity index (χ3v) is 6.56. The molecule has 1 saturated heterocycles. The number of nitrogens with zero attached hydrogens (tertiary/aromatic N) is 4. The normalized spacial score (nSPS) is 16.2. The number of piperidine rings is 1. The fourth-order valence-corrected chi connectivity index (χ4v) is 4.81. The van der Waals surface area contributed by atoms with Crippen molar-refractivity contribution in [3.05, 3.63) is 35.6 Å². The Bertz CT molecular complexity index is 1120. The van der Waals surface area contributed by atoms with Crippen molar-refractivity contribution in [2.45, 2.75) is 19.8 Å². The molecule has 6 nitrogen and oxygen atoms in total. The SMILES string of the molecule is Cc1nc2ccc(-c3c[nH]c4nc(NCC5CCN(C)CC5)ncc34)cc2s1. The van der Waals surface area contributed by atoms with Crippen LogP contribution in [0, 0.1) is 12.8 Å². The quantitative estimate of drug-likeness (QED) is 0.542. The van der Waals surface area contributed by atoms with E-state index in [4.69, 9.17) is 0 Å². The van der Waals surface area contributed by atoms with Crippen LogP contribution >= 0.6 is 11.3 Å². The number of H-pyrrole nitrogens is 1. The minimum atomic E-state index is 0.698. The van der Waals surface area contributed by atoms with Crippen molar-refractivity contribution in [2.75, 3.05) is 32.0 Å². The van der Waals surface area contributed by atoms with Crippen molar-refractivity contribution in [2.24, 2.45) is 5.92 Å². The molecular weight excluding hydrogens is 368 g/mol. The van der Waals surface area contributed by atoms with E-state index in [1.165, 1.54) is 30.6 Å². The van der Waals surface area contributed by atoms with Crippen LogP contribution in [-0.2, 0) is 0 Å². The van der Waals surface area contributed by atoms with Gasteiger partial charge in [-0.2, -0.15) is 4.98 Å². The minimum absolute atomic E-state index is 0.698. The number of rotatable bonds is 4. The van der Waals surface area contributed by atoms with Crippen LogP contribution in [0.2, 0.25) is 0 Å². The summed E-state index contributed by atoms with van der Waals surface area (Å²) in [5.74, 6) is 1.40. The summed E-state index contributed by atoms with van der Waals surface area (Å²) in [5.41, 5.74) is 4.22. The topological polar surface area (TPSA) is 69.7 Å². The van der Waals surface area contributed by atoms with E-state index in [-0.39, 0.29) is 0 Å². The van der Waals surface area contributed by atoms with Crippen molar-refractivity contribution in [1.29, 1.82) is 0 Å². The maximum Gasteiger partial charge on any atom is 0.224 e. The molecule has 0 spiro atoms. The van der Waals surface area contributed by atoms with Crippen molar-refractivity contribution in [1.82, 2.24) is 24.8 Å². The standard InChI is InChI=1S/C21H24N6S/c1-13-25-18-4-3-15(9-19(18)28-13)16-11-22-20-17(16)12-24-21(26-20)23-10-14-5-7-27(2)8-6-14/h3-4,9,11-12,14H,5-8,10H2,1-2H3,(H2,22,23,24,26). The highest BCUT2D eigenvalue weighted by molar-refractivity contribution is 7.18. The maximum absolute atomic E-state index is 4.69. The summed E-state index contributed by atoms with van der Waals surface area (Å²) in [5, 5.41) is 5.57. The number of aryl methyl sites for hydroxylation is 1. The highest BCUT2D eigenvalue weighted by atomic mass is 32.1. The Morgan fingerprint density at radius 3 is 2.96 bits per heavy atom. The molecule has 4 aromatic rings. The van der Waals surface area contributed by atoms with E-state index in [1.807, 2.05) is 19.3 Å². The molecule has 0 amide bonds. The third-order valence-electron chi connectivity index (χ3n) is 5.63. The third kappa shape index (κ3) is 3.36. The summed E-state index contributed by atoms with van der Waals surface area (Å²) in [6.07, 6.45) is 6.41. The van der Waals surface area contributed by atoms with Crippen LogP contribution in [-0.4, -0.2) is 51.5 Å². The summed E-state index contributed by atoms with van der Waals surface area (Å²) in [4.78, 5) is 19.5. The van der Waals surface area contributed by atoms with Gasteiger partial charge < -0.3 is 15.2 Å². The van der Waals surface area contributed by atoms with Gasteiger partial charge in [0, 0.05) is 29.9 Å². The van der Waals surface area contributed by atoms with Gasteiger partial charge in [0.25, 0.3) is 0 Å². The predicted molar refractivity (Wildman–Crippen MR) is 116 cm³/mol. The lowest BCUT2D eigenvalue weighted by Gasteiger charge is -2.28. The van der Waals surface area contributed by atoms with E-state index in [1.54, 1.807) is 11.3 Å². The monoisotopic (exact) mass is 392 g/mol. The van der Waals surface area contributed by atoms with Gasteiger partial charge in [-0.15, -0.1) is 11.3 Å². The van der Waals surface area contributed by atoms with E-state index in [0.29, 0.717) is 11.9 Å². The summed E-state index contributed by atoms with van der Waals surface area (Å²) in [6.45, 7) is 5.34. The van der Waals surface area contributed by atoms with Gasteiger partial charge in [-0.05, 0) is 63.5 Å². The van der Waals surface area contributed by atoms with Crippen molar-refractivity contribution < 1.29 is 0 Å². The summed E-state index contributed by atoms with van der Waals surface area (Å²) >= 11 is 1.73. The molecule has 0 saturated carbocycles. The lowest BCUT2D eigenvalue weighted by Crippen LogP contribution is -2.33. The Balaban J connectivity index is 1.36. The Hall–Kier alpha value is -2.51. The molecule has 0 unspecified atom stereocenters. The first-order valence-electron chi connectivity index (χ1n) is 9.80. The highest BCUT2D eigenvalue weighted by Gasteiger charge is 2.17. The van der Waals surface area contributed by atoms with E-state index in [2.05, 4.69) is 55.4 Å². The van der Waals surface area contributed by atoms with Crippen LogP contribution in [0.5, 0.6) is 0 Å². The van der Waals surface area contributed by atoms with Gasteiger partial charge in [0.15, 0.2) is 0 Å². The molecule has 1 fully saturated rings. The van der Waals surface area contributed by atoms with Gasteiger partial charge in [0.2, 0.25) is 5.95 Å². The first-order valence-corrected chi connectivity index (χ1v) is 10.6. The first kappa shape index (κ1) is 17.6. The molecule has 0 atom stereocenters. The molecule has 144 valence electrons. The van der Waals surface area contributed by atoms with Gasteiger partial charge in [-0.3, -0.25) is 0 Å². The molecule has 2 N–H and O–H groups in total. The fraction of sp³-hybridized carbons (Fsp3) is 0.381. The Labute approximate surface area is 168 Å². The largest absolute Gasteiger partial charge is 0.354 e. The van der Waals surface area contributed by atoms with Gasteiger partial charge in [0.1, 0.15) is 5.65 Å². The molecule has 1 aliphatic heterocycles. The minimum Gasteiger partial charge on any atom is -0.354 e. The average Bonchev–Trinajstić information content (AvgIpc) is 3.28. The number of aromatic nitrogens is 4. The average molecular weight is 393 g/mol. The zero-order valence-corrected chi connectivity index (χ0v) is 17.0. The van der Waals surface area contributed by atoms with E-state index in [9.17, 15) is 0 Å². The molecule has 1 aromatic carbocycles. The number of benzene rings is 1. The van der Waals surface area contributed by atoms with Crippen LogP contribution < -0.4 is 5.32 Å². The van der Waals surface area contributed by atoms with Gasteiger partial charge in [0.05, 0.1) is 15.2 Å². The number of anilines is 1. The summed E-state index contributed by atoms with van der Waals surface area (Å²) < 4.78 is 1.21. The Kier molecular flexibility index (Phi) is 4.49. The zero-order valence-electron chi connectivity index (χ0n) is 16.2. The highest BCUT2D eigenvalue weighted by Crippen LogP contribution is 2.32. The second-order valence-electron chi connectivity index (χ2n) is 7.70. The van der Waals surface area contributed by atoms with Crippen LogP contribution in [0.1, 0.15) is 17.8 Å². The molecule has 28 heavy (non-hydrogen) atoms. The predicted octanol–water partition coefficient (Wildman–Crippen LogP) is 4.30. The smallest absolute Gasteiger partial charge is 0.224 e. The summed E-state index contributed by atoms with van der Waals surface area (Å²) in [7, 11) is 2.19. The molecule has 1 aliphatic rings. The van der Waals surface area contributed by atoms with E-state index in [0.717, 1.165) is 39.2 Å². The molecular formula is C21H24N6S. The molecule has 0 radical (unpaired) electrons. The lowest BCUT2D eigenvalue weighted by atomic mass is 9.97. The molecule has 4 heterocycles. The van der Waals surface area contributed by atoms with Crippen LogP contribution in [0.15, 0.2) is 30.6 Å². The second-order valence-corrected chi connectivity index (χ2v) is 8.94. The molecule has 5 rings (SSSR count). The molecule has 0 bridgehead atoms. The number of nitrogens with one attached hydrogen (secondary N) is 2. The number of fused-ring (bicyclic) bond motifs is 2. The van der Waals surface area contributed by atoms with E-state index < -0.39 is 0 Å². The van der Waals surface area contributed by atoms with Crippen molar-refractivity contribution >= 4 is 38.5 Å². The number of thiazole rings is 1. The van der Waals surface area contributed by atoms with Crippen LogP contribution in [0.4, 0.5) is 5.95 Å². The van der Waals surface area contributed by atoms with Crippen molar-refractivity contribution in [3.63, 3.8) is 0 Å². The van der Waals surface area contributed by atoms with Gasteiger partial charge in [-0.1, -0.05) is 6.07 Å².